The minimum Gasteiger partial charge on any atom is -0.492 e. The van der Waals surface area contributed by atoms with Crippen molar-refractivity contribution in [2.45, 2.75) is 13.0 Å². The van der Waals surface area contributed by atoms with Crippen LogP contribution < -0.4 is 4.74 Å². The molecule has 1 aliphatic rings. The largest absolute Gasteiger partial charge is 0.492 e. The number of hydrogen-bond donors (Lipinski definition) is 1. The van der Waals surface area contributed by atoms with Gasteiger partial charge in [-0.3, -0.25) is 4.90 Å². The van der Waals surface area contributed by atoms with E-state index in [0.717, 1.165) is 26.1 Å². The molecule has 0 saturated heterocycles. The number of aromatic carboxylic acids is 1. The second-order valence-corrected chi connectivity index (χ2v) is 6.07. The average Bonchev–Trinajstić information content (AvgIpc) is 2.95. The van der Waals surface area contributed by atoms with Gasteiger partial charge in [0.1, 0.15) is 12.4 Å². The van der Waals surface area contributed by atoms with Gasteiger partial charge >= 0.3 is 5.97 Å². The Morgan fingerprint density at radius 3 is 2.86 bits per heavy atom. The predicted molar refractivity (Wildman–Crippen MR) is 82.2 cm³/mol. The van der Waals surface area contributed by atoms with Crippen LogP contribution in [0.5, 0.6) is 5.75 Å². The van der Waals surface area contributed by atoms with Gasteiger partial charge in [-0.25, -0.2) is 4.79 Å². The van der Waals surface area contributed by atoms with Gasteiger partial charge in [-0.2, -0.15) is 0 Å². The highest BCUT2D eigenvalue weighted by molar-refractivity contribution is 7.10. The van der Waals surface area contributed by atoms with E-state index in [2.05, 4.69) is 16.3 Å². The lowest BCUT2D eigenvalue weighted by molar-refractivity contribution is 0.0697. The summed E-state index contributed by atoms with van der Waals surface area (Å²) in [7, 11) is 0. The molecule has 0 spiro atoms. The van der Waals surface area contributed by atoms with Crippen molar-refractivity contribution in [3.05, 3.63) is 51.7 Å². The van der Waals surface area contributed by atoms with Crippen LogP contribution in [0.1, 0.15) is 20.8 Å². The molecule has 1 N–H and O–H groups in total. The first-order chi connectivity index (χ1) is 10.2. The standard InChI is InChI=1S/C16H17NO3S/c18-16(19)12-1-3-14(4-2-12)20-9-8-17-7-5-15-13(11-17)6-10-21-15/h1-4,6,10H,5,7-9,11H2,(H,18,19). The zero-order valence-electron chi connectivity index (χ0n) is 11.6. The summed E-state index contributed by atoms with van der Waals surface area (Å²) in [5, 5.41) is 11.0. The molecule has 3 rings (SSSR count). The molecule has 0 radical (unpaired) electrons. The number of hydrogen-bond acceptors (Lipinski definition) is 4. The number of carbonyl (C=O) groups is 1. The van der Waals surface area contributed by atoms with Gasteiger partial charge in [0.15, 0.2) is 0 Å². The number of rotatable bonds is 5. The number of carboxylic acid groups (broad SMARTS) is 1. The van der Waals surface area contributed by atoms with Crippen LogP contribution in [-0.2, 0) is 13.0 Å². The molecule has 4 nitrogen and oxygen atoms in total. The normalized spacial score (nSPS) is 14.7. The van der Waals surface area contributed by atoms with Gasteiger partial charge in [-0.05, 0) is 47.7 Å². The van der Waals surface area contributed by atoms with Crippen molar-refractivity contribution in [1.29, 1.82) is 0 Å². The molecule has 0 amide bonds. The summed E-state index contributed by atoms with van der Waals surface area (Å²) in [6.07, 6.45) is 1.13. The fourth-order valence-electron chi connectivity index (χ4n) is 2.48. The van der Waals surface area contributed by atoms with E-state index in [-0.39, 0.29) is 5.56 Å². The number of nitrogens with zero attached hydrogens (tertiary/aromatic N) is 1. The Labute approximate surface area is 127 Å². The summed E-state index contributed by atoms with van der Waals surface area (Å²) in [6, 6.07) is 8.75. The number of carboxylic acids is 1. The number of thiophene rings is 1. The zero-order chi connectivity index (χ0) is 14.7. The maximum Gasteiger partial charge on any atom is 0.335 e. The highest BCUT2D eigenvalue weighted by Crippen LogP contribution is 2.23. The van der Waals surface area contributed by atoms with Gasteiger partial charge in [0, 0.05) is 24.5 Å². The van der Waals surface area contributed by atoms with E-state index in [0.29, 0.717) is 12.4 Å². The Balaban J connectivity index is 1.47. The second kappa shape index (κ2) is 6.28. The summed E-state index contributed by atoms with van der Waals surface area (Å²) >= 11 is 1.85. The molecule has 21 heavy (non-hydrogen) atoms. The summed E-state index contributed by atoms with van der Waals surface area (Å²) in [5.41, 5.74) is 1.72. The van der Waals surface area contributed by atoms with E-state index < -0.39 is 5.97 Å². The van der Waals surface area contributed by atoms with E-state index in [4.69, 9.17) is 9.84 Å². The average molecular weight is 303 g/mol. The molecule has 2 heterocycles. The minimum atomic E-state index is -0.915. The smallest absolute Gasteiger partial charge is 0.335 e. The van der Waals surface area contributed by atoms with Gasteiger partial charge in [0.2, 0.25) is 0 Å². The molecule has 5 heteroatoms. The van der Waals surface area contributed by atoms with Crippen molar-refractivity contribution in [3.8, 4) is 5.75 Å². The van der Waals surface area contributed by atoms with Crippen molar-refractivity contribution >= 4 is 17.3 Å². The molecule has 0 fully saturated rings. The first kappa shape index (κ1) is 14.1. The van der Waals surface area contributed by atoms with E-state index in [9.17, 15) is 4.79 Å². The van der Waals surface area contributed by atoms with Crippen molar-refractivity contribution in [2.75, 3.05) is 19.7 Å². The molecular formula is C16H17NO3S. The Bertz CT molecular complexity index is 621. The molecule has 1 aromatic carbocycles. The fraction of sp³-hybridized carbons (Fsp3) is 0.312. The van der Waals surface area contributed by atoms with Crippen LogP contribution in [0, 0.1) is 0 Å². The number of benzene rings is 1. The molecule has 1 aromatic heterocycles. The third-order valence-electron chi connectivity index (χ3n) is 3.66. The van der Waals surface area contributed by atoms with Crippen LogP contribution in [0.15, 0.2) is 35.7 Å². The Hall–Kier alpha value is -1.85. The van der Waals surface area contributed by atoms with Crippen molar-refractivity contribution < 1.29 is 14.6 Å². The van der Waals surface area contributed by atoms with Crippen LogP contribution in [0.25, 0.3) is 0 Å². The lowest BCUT2D eigenvalue weighted by Gasteiger charge is -2.26. The van der Waals surface area contributed by atoms with E-state index in [1.807, 2.05) is 11.3 Å². The van der Waals surface area contributed by atoms with Gasteiger partial charge in [0.05, 0.1) is 5.56 Å². The van der Waals surface area contributed by atoms with Gasteiger partial charge in [-0.15, -0.1) is 11.3 Å². The molecule has 0 aliphatic carbocycles. The SMILES string of the molecule is O=C(O)c1ccc(OCCN2CCc3sccc3C2)cc1. The van der Waals surface area contributed by atoms with Gasteiger partial charge < -0.3 is 9.84 Å². The molecule has 110 valence electrons. The van der Waals surface area contributed by atoms with E-state index in [1.165, 1.54) is 10.4 Å². The van der Waals surface area contributed by atoms with E-state index >= 15 is 0 Å². The third-order valence-corrected chi connectivity index (χ3v) is 4.69. The maximum atomic E-state index is 10.8. The molecule has 0 saturated carbocycles. The highest BCUT2D eigenvalue weighted by atomic mass is 32.1. The molecule has 0 unspecified atom stereocenters. The molecular weight excluding hydrogens is 286 g/mol. The Kier molecular flexibility index (Phi) is 4.22. The zero-order valence-corrected chi connectivity index (χ0v) is 12.4. The predicted octanol–water partition coefficient (Wildman–Crippen LogP) is 2.88. The van der Waals surface area contributed by atoms with Crippen molar-refractivity contribution in [2.24, 2.45) is 0 Å². The summed E-state index contributed by atoms with van der Waals surface area (Å²) < 4.78 is 5.68. The summed E-state index contributed by atoms with van der Waals surface area (Å²) in [4.78, 5) is 14.7. The first-order valence-corrected chi connectivity index (χ1v) is 7.84. The molecule has 0 bridgehead atoms. The lowest BCUT2D eigenvalue weighted by atomic mass is 10.1. The molecule has 0 atom stereocenters. The number of fused-ring (bicyclic) bond motifs is 1. The molecule has 2 aromatic rings. The van der Waals surface area contributed by atoms with E-state index in [1.54, 1.807) is 24.3 Å². The minimum absolute atomic E-state index is 0.281. The summed E-state index contributed by atoms with van der Waals surface area (Å²) in [5.74, 6) is -0.199. The van der Waals surface area contributed by atoms with Crippen LogP contribution in [-0.4, -0.2) is 35.7 Å². The monoisotopic (exact) mass is 303 g/mol. The van der Waals surface area contributed by atoms with Crippen LogP contribution in [0.4, 0.5) is 0 Å². The van der Waals surface area contributed by atoms with Gasteiger partial charge in [0.25, 0.3) is 0 Å². The quantitative estimate of drug-likeness (QED) is 0.923. The second-order valence-electron chi connectivity index (χ2n) is 5.07. The number of ether oxygens (including phenoxy) is 1. The first-order valence-electron chi connectivity index (χ1n) is 6.96. The third kappa shape index (κ3) is 3.43. The van der Waals surface area contributed by atoms with Crippen LogP contribution >= 0.6 is 11.3 Å². The Morgan fingerprint density at radius 1 is 1.29 bits per heavy atom. The van der Waals surface area contributed by atoms with Crippen molar-refractivity contribution in [1.82, 2.24) is 4.90 Å². The topological polar surface area (TPSA) is 49.8 Å². The Morgan fingerprint density at radius 2 is 2.10 bits per heavy atom. The van der Waals surface area contributed by atoms with Crippen LogP contribution in [0.2, 0.25) is 0 Å². The lowest BCUT2D eigenvalue weighted by Crippen LogP contribution is -2.33. The van der Waals surface area contributed by atoms with Crippen LogP contribution in [0.3, 0.4) is 0 Å². The maximum absolute atomic E-state index is 10.8. The highest BCUT2D eigenvalue weighted by Gasteiger charge is 2.16. The fourth-order valence-corrected chi connectivity index (χ4v) is 3.37. The van der Waals surface area contributed by atoms with Crippen molar-refractivity contribution in [3.63, 3.8) is 0 Å². The molecule has 1 aliphatic heterocycles. The van der Waals surface area contributed by atoms with Gasteiger partial charge in [-0.1, -0.05) is 0 Å². The summed E-state index contributed by atoms with van der Waals surface area (Å²) in [6.45, 7) is 3.58.